The molecular formula is C13H23N5. The predicted molar refractivity (Wildman–Crippen MR) is 72.6 cm³/mol. The van der Waals surface area contributed by atoms with Gasteiger partial charge in [-0.05, 0) is 32.1 Å². The summed E-state index contributed by atoms with van der Waals surface area (Å²) in [5.74, 6) is 1.32. The summed E-state index contributed by atoms with van der Waals surface area (Å²) in [4.78, 5) is 6.86. The Hall–Kier alpha value is -1.23. The van der Waals surface area contributed by atoms with Crippen molar-refractivity contribution in [1.82, 2.24) is 15.2 Å². The van der Waals surface area contributed by atoms with Crippen molar-refractivity contribution in [2.24, 2.45) is 11.7 Å². The quantitative estimate of drug-likeness (QED) is 0.867. The zero-order chi connectivity index (χ0) is 13.1. The molecular weight excluding hydrogens is 226 g/mol. The zero-order valence-corrected chi connectivity index (χ0v) is 11.6. The molecule has 18 heavy (non-hydrogen) atoms. The Morgan fingerprint density at radius 2 is 2.00 bits per heavy atom. The summed E-state index contributed by atoms with van der Waals surface area (Å²) in [5, 5.41) is 8.55. The van der Waals surface area contributed by atoms with Gasteiger partial charge in [-0.25, -0.2) is 4.98 Å². The number of aryl methyl sites for hydroxylation is 2. The van der Waals surface area contributed by atoms with Crippen molar-refractivity contribution in [3.05, 3.63) is 11.4 Å². The van der Waals surface area contributed by atoms with Crippen molar-refractivity contribution in [2.45, 2.75) is 46.1 Å². The van der Waals surface area contributed by atoms with Gasteiger partial charge in [0.2, 0.25) is 5.95 Å². The second-order valence-electron chi connectivity index (χ2n) is 5.07. The highest BCUT2D eigenvalue weighted by Gasteiger charge is 2.27. The normalized spacial score (nSPS) is 21.3. The van der Waals surface area contributed by atoms with E-state index in [-0.39, 0.29) is 6.04 Å². The molecule has 0 aromatic carbocycles. The molecule has 5 heteroatoms. The van der Waals surface area contributed by atoms with Gasteiger partial charge < -0.3 is 10.6 Å². The lowest BCUT2D eigenvalue weighted by Gasteiger charge is -2.18. The number of aromatic nitrogens is 3. The van der Waals surface area contributed by atoms with Crippen LogP contribution in [0.5, 0.6) is 0 Å². The average Bonchev–Trinajstić information content (AvgIpc) is 2.87. The fourth-order valence-corrected chi connectivity index (χ4v) is 2.46. The predicted octanol–water partition coefficient (Wildman–Crippen LogP) is 1.17. The van der Waals surface area contributed by atoms with Crippen molar-refractivity contribution >= 4 is 5.95 Å². The number of rotatable bonds is 4. The Kier molecular flexibility index (Phi) is 4.11. The fraction of sp³-hybridized carbons (Fsp3) is 0.769. The van der Waals surface area contributed by atoms with Gasteiger partial charge in [-0.1, -0.05) is 13.8 Å². The number of nitrogens with two attached hydrogens (primary N) is 1. The monoisotopic (exact) mass is 249 g/mol. The fourth-order valence-electron chi connectivity index (χ4n) is 2.46. The molecule has 2 heterocycles. The van der Waals surface area contributed by atoms with Crippen LogP contribution < -0.4 is 10.6 Å². The van der Waals surface area contributed by atoms with Crippen LogP contribution in [-0.4, -0.2) is 34.3 Å². The van der Waals surface area contributed by atoms with E-state index < -0.39 is 0 Å². The maximum Gasteiger partial charge on any atom is 0.245 e. The van der Waals surface area contributed by atoms with Crippen LogP contribution in [0.1, 0.15) is 38.6 Å². The van der Waals surface area contributed by atoms with Crippen LogP contribution in [0.3, 0.4) is 0 Å². The molecule has 0 saturated carbocycles. The molecule has 0 spiro atoms. The second kappa shape index (κ2) is 5.61. The van der Waals surface area contributed by atoms with Crippen molar-refractivity contribution in [2.75, 3.05) is 18.0 Å². The van der Waals surface area contributed by atoms with Gasteiger partial charge in [-0.2, -0.15) is 5.10 Å². The molecule has 2 unspecified atom stereocenters. The molecule has 1 aromatic heterocycles. The minimum absolute atomic E-state index is 0.239. The van der Waals surface area contributed by atoms with Crippen LogP contribution in [0.4, 0.5) is 5.95 Å². The number of hydrogen-bond donors (Lipinski definition) is 1. The van der Waals surface area contributed by atoms with Gasteiger partial charge in [0.25, 0.3) is 0 Å². The van der Waals surface area contributed by atoms with E-state index in [9.17, 15) is 0 Å². The van der Waals surface area contributed by atoms with E-state index in [1.165, 1.54) is 0 Å². The molecule has 1 aromatic rings. The van der Waals surface area contributed by atoms with Crippen LogP contribution in [0.2, 0.25) is 0 Å². The number of nitrogens with zero attached hydrogens (tertiary/aromatic N) is 4. The Balaban J connectivity index is 2.15. The Labute approximate surface area is 109 Å². The van der Waals surface area contributed by atoms with E-state index in [0.717, 1.165) is 49.7 Å². The minimum Gasteiger partial charge on any atom is -0.339 e. The van der Waals surface area contributed by atoms with E-state index in [0.29, 0.717) is 5.92 Å². The van der Waals surface area contributed by atoms with E-state index in [2.05, 4.69) is 40.9 Å². The first-order valence-electron chi connectivity index (χ1n) is 6.88. The summed E-state index contributed by atoms with van der Waals surface area (Å²) >= 11 is 0. The summed E-state index contributed by atoms with van der Waals surface area (Å²) in [6, 6.07) is 0.239. The number of hydrogen-bond acceptors (Lipinski definition) is 5. The molecule has 0 radical (unpaired) electrons. The van der Waals surface area contributed by atoms with Gasteiger partial charge in [0, 0.05) is 19.1 Å². The molecule has 5 nitrogen and oxygen atoms in total. The summed E-state index contributed by atoms with van der Waals surface area (Å²) < 4.78 is 0. The minimum atomic E-state index is 0.239. The standard InChI is InChI=1S/C13H23N5/c1-4-11-12(5-2)16-17-13(15-11)18-7-6-10(8-18)9(3)14/h9-10H,4-8,14H2,1-3H3. The smallest absolute Gasteiger partial charge is 0.245 e. The molecule has 2 N–H and O–H groups in total. The average molecular weight is 249 g/mol. The van der Waals surface area contributed by atoms with Gasteiger partial charge in [-0.3, -0.25) is 0 Å². The van der Waals surface area contributed by atoms with Crippen LogP contribution in [0.15, 0.2) is 0 Å². The lowest BCUT2D eigenvalue weighted by atomic mass is 10.0. The molecule has 1 saturated heterocycles. The third kappa shape index (κ3) is 2.61. The van der Waals surface area contributed by atoms with Gasteiger partial charge >= 0.3 is 0 Å². The highest BCUT2D eigenvalue weighted by atomic mass is 15.3. The first-order chi connectivity index (χ1) is 8.65. The van der Waals surface area contributed by atoms with Crippen LogP contribution in [0.25, 0.3) is 0 Å². The van der Waals surface area contributed by atoms with E-state index in [1.54, 1.807) is 0 Å². The lowest BCUT2D eigenvalue weighted by Crippen LogP contribution is -2.30. The molecule has 1 aliphatic heterocycles. The van der Waals surface area contributed by atoms with Gasteiger partial charge in [0.1, 0.15) is 0 Å². The molecule has 2 atom stereocenters. The molecule has 0 amide bonds. The summed E-state index contributed by atoms with van der Waals surface area (Å²) in [5.41, 5.74) is 8.05. The van der Waals surface area contributed by atoms with Crippen LogP contribution in [-0.2, 0) is 12.8 Å². The van der Waals surface area contributed by atoms with Crippen molar-refractivity contribution < 1.29 is 0 Å². The van der Waals surface area contributed by atoms with Gasteiger partial charge in [0.15, 0.2) is 0 Å². The Morgan fingerprint density at radius 1 is 1.28 bits per heavy atom. The first kappa shape index (κ1) is 13.2. The third-order valence-corrected chi connectivity index (χ3v) is 3.75. The van der Waals surface area contributed by atoms with E-state index in [1.807, 2.05) is 0 Å². The molecule has 0 bridgehead atoms. The third-order valence-electron chi connectivity index (χ3n) is 3.75. The topological polar surface area (TPSA) is 67.9 Å². The van der Waals surface area contributed by atoms with Gasteiger partial charge in [0.05, 0.1) is 11.4 Å². The van der Waals surface area contributed by atoms with E-state index in [4.69, 9.17) is 5.73 Å². The van der Waals surface area contributed by atoms with Gasteiger partial charge in [-0.15, -0.1) is 5.10 Å². The largest absolute Gasteiger partial charge is 0.339 e. The molecule has 100 valence electrons. The second-order valence-corrected chi connectivity index (χ2v) is 5.07. The summed E-state index contributed by atoms with van der Waals surface area (Å²) in [6.07, 6.45) is 2.93. The molecule has 0 aliphatic carbocycles. The Morgan fingerprint density at radius 3 is 2.56 bits per heavy atom. The van der Waals surface area contributed by atoms with E-state index >= 15 is 0 Å². The van der Waals surface area contributed by atoms with Crippen molar-refractivity contribution in [3.63, 3.8) is 0 Å². The molecule has 1 aliphatic rings. The van der Waals surface area contributed by atoms with Crippen LogP contribution >= 0.6 is 0 Å². The SMILES string of the molecule is CCc1nnc(N2CCC(C(C)N)C2)nc1CC. The maximum atomic E-state index is 5.96. The number of anilines is 1. The van der Waals surface area contributed by atoms with Crippen LogP contribution in [0, 0.1) is 5.92 Å². The highest BCUT2D eigenvalue weighted by Crippen LogP contribution is 2.22. The molecule has 2 rings (SSSR count). The van der Waals surface area contributed by atoms with Crippen molar-refractivity contribution in [1.29, 1.82) is 0 Å². The lowest BCUT2D eigenvalue weighted by molar-refractivity contribution is 0.487. The zero-order valence-electron chi connectivity index (χ0n) is 11.6. The highest BCUT2D eigenvalue weighted by molar-refractivity contribution is 5.32. The first-order valence-corrected chi connectivity index (χ1v) is 6.88. The maximum absolute atomic E-state index is 5.96. The molecule has 1 fully saturated rings. The summed E-state index contributed by atoms with van der Waals surface area (Å²) in [7, 11) is 0. The Bertz CT molecular complexity index is 404. The summed E-state index contributed by atoms with van der Waals surface area (Å²) in [6.45, 7) is 8.22. The van der Waals surface area contributed by atoms with Crippen molar-refractivity contribution in [3.8, 4) is 0 Å².